The van der Waals surface area contributed by atoms with Gasteiger partial charge in [0.1, 0.15) is 5.69 Å². The fraction of sp³-hybridized carbons (Fsp3) is 0.500. The third kappa shape index (κ3) is 2.19. The number of hydrogen-bond donors (Lipinski definition) is 1. The van der Waals surface area contributed by atoms with Crippen molar-refractivity contribution < 1.29 is 22.4 Å². The molecule has 1 unspecified atom stereocenters. The maximum absolute atomic E-state index is 13.6. The quantitative estimate of drug-likeness (QED) is 0.665. The highest BCUT2D eigenvalue weighted by molar-refractivity contribution is 5.83. The third-order valence-electron chi connectivity index (χ3n) is 3.54. The van der Waals surface area contributed by atoms with Crippen LogP contribution >= 0.6 is 0 Å². The van der Waals surface area contributed by atoms with Crippen LogP contribution in [-0.2, 0) is 4.79 Å². The predicted octanol–water partition coefficient (Wildman–Crippen LogP) is 1.60. The summed E-state index contributed by atoms with van der Waals surface area (Å²) in [5.74, 6) is -6.80. The number of amides is 1. The Morgan fingerprint density at radius 2 is 1.80 bits per heavy atom. The second-order valence-corrected chi connectivity index (χ2v) is 4.98. The van der Waals surface area contributed by atoms with E-state index in [-0.39, 0.29) is 19.0 Å². The van der Waals surface area contributed by atoms with Gasteiger partial charge in [0.05, 0.1) is 5.41 Å². The molecule has 1 saturated heterocycles. The van der Waals surface area contributed by atoms with Crippen molar-refractivity contribution >= 4 is 11.6 Å². The van der Waals surface area contributed by atoms with Crippen molar-refractivity contribution in [1.29, 1.82) is 0 Å². The molecule has 1 atom stereocenters. The van der Waals surface area contributed by atoms with Crippen LogP contribution < -0.4 is 10.2 Å². The molecule has 0 radical (unpaired) electrons. The van der Waals surface area contributed by atoms with Gasteiger partial charge in [0, 0.05) is 20.1 Å². The minimum absolute atomic E-state index is 0.0383. The zero-order valence-corrected chi connectivity index (χ0v) is 10.9. The molecular weight excluding hydrogens is 278 g/mol. The second-order valence-electron chi connectivity index (χ2n) is 4.98. The van der Waals surface area contributed by atoms with Crippen LogP contribution in [0.4, 0.5) is 23.2 Å². The summed E-state index contributed by atoms with van der Waals surface area (Å²) in [5.41, 5.74) is -1.69. The molecule has 1 fully saturated rings. The average molecular weight is 291 g/mol. The van der Waals surface area contributed by atoms with Crippen molar-refractivity contribution in [3.63, 3.8) is 0 Å². The SMILES string of the molecule is CNC(=O)C1(C)CCN(c2c(F)c(F)nc(F)c2F)C1. The van der Waals surface area contributed by atoms with Crippen LogP contribution in [0.1, 0.15) is 13.3 Å². The van der Waals surface area contributed by atoms with Crippen LogP contribution in [0.15, 0.2) is 0 Å². The number of nitrogens with zero attached hydrogens (tertiary/aromatic N) is 2. The minimum Gasteiger partial charge on any atom is -0.365 e. The summed E-state index contributed by atoms with van der Waals surface area (Å²) >= 11 is 0. The smallest absolute Gasteiger partial charge is 0.253 e. The number of halogens is 4. The molecule has 0 bridgehead atoms. The van der Waals surface area contributed by atoms with Crippen molar-refractivity contribution in [3.8, 4) is 0 Å². The first-order valence-electron chi connectivity index (χ1n) is 5.97. The van der Waals surface area contributed by atoms with Gasteiger partial charge in [0.2, 0.25) is 17.5 Å². The fourth-order valence-corrected chi connectivity index (χ4v) is 2.39. The van der Waals surface area contributed by atoms with Gasteiger partial charge in [0.25, 0.3) is 11.9 Å². The monoisotopic (exact) mass is 291 g/mol. The van der Waals surface area contributed by atoms with E-state index in [1.807, 2.05) is 0 Å². The molecule has 8 heteroatoms. The van der Waals surface area contributed by atoms with Crippen LogP contribution in [0.25, 0.3) is 0 Å². The van der Waals surface area contributed by atoms with E-state index in [2.05, 4.69) is 10.3 Å². The molecule has 1 aromatic heterocycles. The van der Waals surface area contributed by atoms with E-state index in [1.165, 1.54) is 7.05 Å². The Balaban J connectivity index is 2.38. The molecule has 1 N–H and O–H groups in total. The van der Waals surface area contributed by atoms with Crippen LogP contribution in [0.5, 0.6) is 0 Å². The molecule has 1 aliphatic rings. The maximum atomic E-state index is 13.6. The molecular formula is C12H13F4N3O. The van der Waals surface area contributed by atoms with Gasteiger partial charge >= 0.3 is 0 Å². The predicted molar refractivity (Wildman–Crippen MR) is 63.1 cm³/mol. The van der Waals surface area contributed by atoms with E-state index in [1.54, 1.807) is 6.92 Å². The Labute approximate surface area is 112 Å². The molecule has 1 aromatic rings. The Morgan fingerprint density at radius 1 is 1.25 bits per heavy atom. The second kappa shape index (κ2) is 4.92. The minimum atomic E-state index is -1.70. The molecule has 0 aromatic carbocycles. The lowest BCUT2D eigenvalue weighted by molar-refractivity contribution is -0.128. The van der Waals surface area contributed by atoms with E-state index in [0.29, 0.717) is 6.42 Å². The van der Waals surface area contributed by atoms with Gasteiger partial charge in [-0.15, -0.1) is 0 Å². The summed E-state index contributed by atoms with van der Waals surface area (Å²) in [6.45, 7) is 1.69. The Bertz CT molecular complexity index is 540. The lowest BCUT2D eigenvalue weighted by Crippen LogP contribution is -2.39. The van der Waals surface area contributed by atoms with Crippen LogP contribution in [-0.4, -0.2) is 31.0 Å². The number of aromatic nitrogens is 1. The molecule has 1 aliphatic heterocycles. The fourth-order valence-electron chi connectivity index (χ4n) is 2.39. The molecule has 2 rings (SSSR count). The highest BCUT2D eigenvalue weighted by atomic mass is 19.2. The summed E-state index contributed by atoms with van der Waals surface area (Å²) in [4.78, 5) is 15.4. The zero-order chi connectivity index (χ0) is 15.1. The summed E-state index contributed by atoms with van der Waals surface area (Å²) in [6, 6.07) is 0. The Morgan fingerprint density at radius 3 is 2.30 bits per heavy atom. The molecule has 0 spiro atoms. The van der Waals surface area contributed by atoms with E-state index in [0.717, 1.165) is 4.90 Å². The Kier molecular flexibility index (Phi) is 3.58. The number of anilines is 1. The molecule has 1 amide bonds. The lowest BCUT2D eigenvalue weighted by atomic mass is 9.89. The standard InChI is InChI=1S/C12H13F4N3O/c1-12(11(20)17-2)3-4-19(5-12)8-6(13)9(15)18-10(16)7(8)14/h3-5H2,1-2H3,(H,17,20). The average Bonchev–Trinajstić information content (AvgIpc) is 2.79. The summed E-state index contributed by atoms with van der Waals surface area (Å²) in [5, 5.41) is 2.46. The number of nitrogens with one attached hydrogen (secondary N) is 1. The van der Waals surface area contributed by atoms with Crippen LogP contribution in [0.3, 0.4) is 0 Å². The molecule has 20 heavy (non-hydrogen) atoms. The number of pyridine rings is 1. The highest BCUT2D eigenvalue weighted by Gasteiger charge is 2.42. The van der Waals surface area contributed by atoms with E-state index in [4.69, 9.17) is 0 Å². The molecule has 110 valence electrons. The lowest BCUT2D eigenvalue weighted by Gasteiger charge is -2.24. The third-order valence-corrected chi connectivity index (χ3v) is 3.54. The maximum Gasteiger partial charge on any atom is 0.253 e. The van der Waals surface area contributed by atoms with Crippen molar-refractivity contribution in [1.82, 2.24) is 10.3 Å². The zero-order valence-electron chi connectivity index (χ0n) is 10.9. The molecule has 0 aliphatic carbocycles. The first kappa shape index (κ1) is 14.5. The molecule has 4 nitrogen and oxygen atoms in total. The highest BCUT2D eigenvalue weighted by Crippen LogP contribution is 2.36. The van der Waals surface area contributed by atoms with E-state index < -0.39 is 34.6 Å². The number of carbonyl (C=O) groups excluding carboxylic acids is 1. The largest absolute Gasteiger partial charge is 0.365 e. The molecule has 0 saturated carbocycles. The van der Waals surface area contributed by atoms with E-state index >= 15 is 0 Å². The van der Waals surface area contributed by atoms with Crippen molar-refractivity contribution in [3.05, 3.63) is 23.5 Å². The normalized spacial score (nSPS) is 22.2. The van der Waals surface area contributed by atoms with Crippen molar-refractivity contribution in [2.75, 3.05) is 25.0 Å². The van der Waals surface area contributed by atoms with Gasteiger partial charge < -0.3 is 10.2 Å². The van der Waals surface area contributed by atoms with Gasteiger partial charge in [-0.3, -0.25) is 4.79 Å². The first-order chi connectivity index (χ1) is 9.30. The first-order valence-corrected chi connectivity index (χ1v) is 5.97. The van der Waals surface area contributed by atoms with Crippen molar-refractivity contribution in [2.24, 2.45) is 5.41 Å². The van der Waals surface area contributed by atoms with Gasteiger partial charge in [-0.2, -0.15) is 22.5 Å². The van der Waals surface area contributed by atoms with E-state index in [9.17, 15) is 22.4 Å². The topological polar surface area (TPSA) is 45.2 Å². The van der Waals surface area contributed by atoms with Gasteiger partial charge in [-0.25, -0.2) is 0 Å². The molecule has 2 heterocycles. The number of rotatable bonds is 2. The summed E-state index contributed by atoms with van der Waals surface area (Å²) in [6.07, 6.45) is 0.317. The van der Waals surface area contributed by atoms with Crippen LogP contribution in [0.2, 0.25) is 0 Å². The van der Waals surface area contributed by atoms with Gasteiger partial charge in [-0.1, -0.05) is 0 Å². The van der Waals surface area contributed by atoms with Crippen LogP contribution in [0, 0.1) is 28.9 Å². The number of hydrogen-bond acceptors (Lipinski definition) is 3. The Hall–Kier alpha value is -1.86. The summed E-state index contributed by atoms with van der Waals surface area (Å²) in [7, 11) is 1.45. The number of carbonyl (C=O) groups is 1. The van der Waals surface area contributed by atoms with Crippen molar-refractivity contribution in [2.45, 2.75) is 13.3 Å². The van der Waals surface area contributed by atoms with Gasteiger partial charge in [-0.05, 0) is 13.3 Å². The summed E-state index contributed by atoms with van der Waals surface area (Å²) < 4.78 is 53.5. The van der Waals surface area contributed by atoms with Gasteiger partial charge in [0.15, 0.2) is 0 Å².